The molecule has 0 aromatic carbocycles. The lowest BCUT2D eigenvalue weighted by atomic mass is 10.2. The van der Waals surface area contributed by atoms with Crippen molar-refractivity contribution in [2.75, 3.05) is 25.1 Å². The van der Waals surface area contributed by atoms with Crippen LogP contribution < -0.4 is 0 Å². The first kappa shape index (κ1) is 12.4. The van der Waals surface area contributed by atoms with Gasteiger partial charge in [0.05, 0.1) is 5.75 Å². The summed E-state index contributed by atoms with van der Waals surface area (Å²) in [7, 11) is -2.97. The van der Waals surface area contributed by atoms with E-state index in [-0.39, 0.29) is 5.75 Å². The van der Waals surface area contributed by atoms with Gasteiger partial charge in [0.2, 0.25) is 6.41 Å². The molecular weight excluding hydrogens is 190 g/mol. The van der Waals surface area contributed by atoms with Gasteiger partial charge in [-0.25, -0.2) is 8.42 Å². The fourth-order valence-electron chi connectivity index (χ4n) is 0.939. The maximum atomic E-state index is 10.8. The normalized spacial score (nSPS) is 11.7. The smallest absolute Gasteiger partial charge is 0.209 e. The van der Waals surface area contributed by atoms with Crippen LogP contribution in [0.4, 0.5) is 0 Å². The number of sulfone groups is 1. The monoisotopic (exact) mass is 207 g/mol. The van der Waals surface area contributed by atoms with E-state index >= 15 is 0 Å². The third kappa shape index (κ3) is 7.77. The summed E-state index contributed by atoms with van der Waals surface area (Å²) in [5.41, 5.74) is 0. The van der Waals surface area contributed by atoms with Crippen molar-refractivity contribution in [3.05, 3.63) is 0 Å². The van der Waals surface area contributed by atoms with E-state index in [4.69, 9.17) is 0 Å². The Labute approximate surface area is 79.8 Å². The van der Waals surface area contributed by atoms with Crippen LogP contribution in [-0.4, -0.2) is 44.8 Å². The zero-order valence-corrected chi connectivity index (χ0v) is 9.17. The molecule has 0 rings (SSSR count). The van der Waals surface area contributed by atoms with E-state index in [0.29, 0.717) is 25.4 Å². The van der Waals surface area contributed by atoms with Crippen LogP contribution in [0.5, 0.6) is 0 Å². The van der Waals surface area contributed by atoms with Gasteiger partial charge in [0, 0.05) is 19.3 Å². The first-order chi connectivity index (χ1) is 5.85. The van der Waals surface area contributed by atoms with Crippen LogP contribution in [0, 0.1) is 5.92 Å². The largest absolute Gasteiger partial charge is 0.344 e. The lowest BCUT2D eigenvalue weighted by Crippen LogP contribution is -2.31. The van der Waals surface area contributed by atoms with Gasteiger partial charge in [-0.15, -0.1) is 0 Å². The minimum atomic E-state index is -2.97. The van der Waals surface area contributed by atoms with Crippen LogP contribution in [0.2, 0.25) is 0 Å². The molecular formula is C8H17NO3S. The Morgan fingerprint density at radius 1 is 1.38 bits per heavy atom. The maximum absolute atomic E-state index is 10.8. The minimum Gasteiger partial charge on any atom is -0.344 e. The molecule has 0 atom stereocenters. The Morgan fingerprint density at radius 2 is 1.92 bits per heavy atom. The second kappa shape index (κ2) is 5.21. The Balaban J connectivity index is 3.93. The van der Waals surface area contributed by atoms with Crippen molar-refractivity contribution >= 4 is 16.2 Å². The van der Waals surface area contributed by atoms with Gasteiger partial charge in [-0.2, -0.15) is 0 Å². The SMILES string of the molecule is CC(C)CN(C=O)CCS(C)(=O)=O. The van der Waals surface area contributed by atoms with Crippen LogP contribution in [0.3, 0.4) is 0 Å². The van der Waals surface area contributed by atoms with Gasteiger partial charge in [-0.1, -0.05) is 13.8 Å². The van der Waals surface area contributed by atoms with Crippen LogP contribution >= 0.6 is 0 Å². The molecule has 13 heavy (non-hydrogen) atoms. The number of carbonyl (C=O) groups is 1. The average Bonchev–Trinajstić information content (AvgIpc) is 1.95. The van der Waals surface area contributed by atoms with E-state index in [1.54, 1.807) is 0 Å². The average molecular weight is 207 g/mol. The Morgan fingerprint density at radius 3 is 2.23 bits per heavy atom. The van der Waals surface area contributed by atoms with Crippen molar-refractivity contribution in [3.8, 4) is 0 Å². The van der Waals surface area contributed by atoms with Gasteiger partial charge in [-0.05, 0) is 5.92 Å². The van der Waals surface area contributed by atoms with Crippen molar-refractivity contribution in [1.82, 2.24) is 4.90 Å². The molecule has 0 N–H and O–H groups in total. The standard InChI is InChI=1S/C8H17NO3S/c1-8(2)6-9(7-10)4-5-13(3,11)12/h7-8H,4-6H2,1-3H3. The molecule has 0 saturated carbocycles. The van der Waals surface area contributed by atoms with Crippen molar-refractivity contribution in [1.29, 1.82) is 0 Å². The highest BCUT2D eigenvalue weighted by atomic mass is 32.2. The molecule has 0 aliphatic heterocycles. The number of nitrogens with zero attached hydrogens (tertiary/aromatic N) is 1. The molecule has 0 radical (unpaired) electrons. The second-order valence-electron chi connectivity index (χ2n) is 3.62. The van der Waals surface area contributed by atoms with E-state index < -0.39 is 9.84 Å². The summed E-state index contributed by atoms with van der Waals surface area (Å²) in [4.78, 5) is 12.0. The van der Waals surface area contributed by atoms with Crippen molar-refractivity contribution in [3.63, 3.8) is 0 Å². The molecule has 0 aromatic heterocycles. The molecule has 0 aliphatic rings. The molecule has 4 nitrogen and oxygen atoms in total. The molecule has 5 heteroatoms. The van der Waals surface area contributed by atoms with Gasteiger partial charge in [0.1, 0.15) is 9.84 Å². The molecule has 0 aliphatic carbocycles. The number of carbonyl (C=O) groups excluding carboxylic acids is 1. The van der Waals surface area contributed by atoms with Crippen molar-refractivity contribution in [2.45, 2.75) is 13.8 Å². The minimum absolute atomic E-state index is 0.0401. The molecule has 1 amide bonds. The maximum Gasteiger partial charge on any atom is 0.209 e. The molecule has 0 saturated heterocycles. The molecule has 0 heterocycles. The third-order valence-corrected chi connectivity index (χ3v) is 2.42. The molecule has 0 unspecified atom stereocenters. The highest BCUT2D eigenvalue weighted by Gasteiger charge is 2.08. The fourth-order valence-corrected chi connectivity index (χ4v) is 1.51. The summed E-state index contributed by atoms with van der Waals surface area (Å²) in [6.45, 7) is 4.87. The highest BCUT2D eigenvalue weighted by Crippen LogP contribution is 1.96. The van der Waals surface area contributed by atoms with E-state index in [0.717, 1.165) is 0 Å². The first-order valence-electron chi connectivity index (χ1n) is 4.22. The number of hydrogen-bond acceptors (Lipinski definition) is 3. The quantitative estimate of drug-likeness (QED) is 0.582. The van der Waals surface area contributed by atoms with E-state index in [1.165, 1.54) is 11.2 Å². The van der Waals surface area contributed by atoms with Crippen molar-refractivity contribution in [2.24, 2.45) is 5.92 Å². The summed E-state index contributed by atoms with van der Waals surface area (Å²) >= 11 is 0. The summed E-state index contributed by atoms with van der Waals surface area (Å²) < 4.78 is 21.6. The van der Waals surface area contributed by atoms with E-state index in [9.17, 15) is 13.2 Å². The predicted octanol–water partition coefficient (Wildman–Crippen LogP) is 0.145. The lowest BCUT2D eigenvalue weighted by Gasteiger charge is -2.18. The predicted molar refractivity (Wildman–Crippen MR) is 52.2 cm³/mol. The molecule has 78 valence electrons. The summed E-state index contributed by atoms with van der Waals surface area (Å²) in [5, 5.41) is 0. The Hall–Kier alpha value is -0.580. The van der Waals surface area contributed by atoms with E-state index in [2.05, 4.69) is 0 Å². The molecule has 0 aromatic rings. The lowest BCUT2D eigenvalue weighted by molar-refractivity contribution is -0.118. The topological polar surface area (TPSA) is 54.5 Å². The zero-order chi connectivity index (χ0) is 10.5. The zero-order valence-electron chi connectivity index (χ0n) is 8.36. The second-order valence-corrected chi connectivity index (χ2v) is 5.88. The van der Waals surface area contributed by atoms with Crippen LogP contribution in [0.25, 0.3) is 0 Å². The van der Waals surface area contributed by atoms with Crippen LogP contribution in [-0.2, 0) is 14.6 Å². The van der Waals surface area contributed by atoms with Gasteiger partial charge < -0.3 is 4.90 Å². The number of hydrogen-bond donors (Lipinski definition) is 0. The van der Waals surface area contributed by atoms with Crippen LogP contribution in [0.1, 0.15) is 13.8 Å². The van der Waals surface area contributed by atoms with Gasteiger partial charge in [-0.3, -0.25) is 4.79 Å². The molecule has 0 spiro atoms. The summed E-state index contributed by atoms with van der Waals surface area (Å²) in [6, 6.07) is 0. The van der Waals surface area contributed by atoms with E-state index in [1.807, 2.05) is 13.8 Å². The summed E-state index contributed by atoms with van der Waals surface area (Å²) in [6.07, 6.45) is 1.87. The Bertz CT molecular complexity index is 246. The first-order valence-corrected chi connectivity index (χ1v) is 6.28. The van der Waals surface area contributed by atoms with Crippen molar-refractivity contribution < 1.29 is 13.2 Å². The number of rotatable bonds is 6. The van der Waals surface area contributed by atoms with Gasteiger partial charge in [0.15, 0.2) is 0 Å². The molecule has 0 fully saturated rings. The molecule has 0 bridgehead atoms. The summed E-state index contributed by atoms with van der Waals surface area (Å²) in [5.74, 6) is 0.406. The van der Waals surface area contributed by atoms with Gasteiger partial charge >= 0.3 is 0 Å². The Kier molecular flexibility index (Phi) is 4.98. The van der Waals surface area contributed by atoms with Gasteiger partial charge in [0.25, 0.3) is 0 Å². The number of amides is 1. The van der Waals surface area contributed by atoms with Crippen LogP contribution in [0.15, 0.2) is 0 Å². The highest BCUT2D eigenvalue weighted by molar-refractivity contribution is 7.90. The fraction of sp³-hybridized carbons (Fsp3) is 0.875. The third-order valence-electron chi connectivity index (χ3n) is 1.50.